The first-order valence-electron chi connectivity index (χ1n) is 13.0. The number of fused-ring (bicyclic) bond motifs is 4. The highest BCUT2D eigenvalue weighted by molar-refractivity contribution is 6.05. The Balaban J connectivity index is 1.65. The van der Waals surface area contributed by atoms with Crippen LogP contribution >= 0.6 is 0 Å². The van der Waals surface area contributed by atoms with E-state index in [0.29, 0.717) is 28.7 Å². The van der Waals surface area contributed by atoms with E-state index in [1.807, 2.05) is 28.8 Å². The molecule has 0 fully saturated rings. The molecule has 0 amide bonds. The summed E-state index contributed by atoms with van der Waals surface area (Å²) in [5.74, 6) is 0. The zero-order valence-corrected chi connectivity index (χ0v) is 20.7. The number of aryl methyl sites for hydroxylation is 2. The number of nitrogens with zero attached hydrogens (tertiary/aromatic N) is 5. The third-order valence-electron chi connectivity index (χ3n) is 6.75. The minimum Gasteiger partial charge on any atom is -0.299 e. The molecule has 0 saturated carbocycles. The Labute approximate surface area is 205 Å². The molecule has 3 aromatic heterocycles. The van der Waals surface area contributed by atoms with Crippen molar-refractivity contribution in [2.75, 3.05) is 0 Å². The van der Waals surface area contributed by atoms with E-state index < -0.39 is 0 Å². The Morgan fingerprint density at radius 1 is 0.771 bits per heavy atom. The van der Waals surface area contributed by atoms with Gasteiger partial charge in [0.15, 0.2) is 11.3 Å². The number of hydrogen-bond acceptors (Lipinski definition) is 4. The third-order valence-corrected chi connectivity index (χ3v) is 6.75. The molecule has 5 rings (SSSR count). The number of aromatic nitrogens is 5. The maximum Gasteiger partial charge on any atom is 0.265 e. The normalized spacial score (nSPS) is 11.7. The number of rotatable bonds is 10. The predicted molar refractivity (Wildman–Crippen MR) is 143 cm³/mol. The van der Waals surface area contributed by atoms with E-state index in [0.717, 1.165) is 36.0 Å². The molecule has 0 aliphatic heterocycles. The maximum absolute atomic E-state index is 13.7. The lowest BCUT2D eigenvalue weighted by Gasteiger charge is -2.09. The van der Waals surface area contributed by atoms with Crippen molar-refractivity contribution in [2.45, 2.75) is 71.8 Å². The zero-order chi connectivity index (χ0) is 24.2. The van der Waals surface area contributed by atoms with Crippen molar-refractivity contribution in [3.63, 3.8) is 0 Å². The van der Waals surface area contributed by atoms with Crippen LogP contribution in [-0.2, 0) is 13.0 Å². The minimum atomic E-state index is -0.0432. The average Bonchev–Trinajstić information content (AvgIpc) is 3.21. The molecule has 0 bridgehead atoms. The first-order chi connectivity index (χ1) is 17.2. The number of unbranched alkanes of at least 4 members (excludes halogenated alkanes) is 5. The van der Waals surface area contributed by atoms with Gasteiger partial charge in [-0.2, -0.15) is 0 Å². The summed E-state index contributed by atoms with van der Waals surface area (Å²) >= 11 is 0. The molecule has 180 valence electrons. The molecule has 3 heterocycles. The number of hydrogen-bond donors (Lipinski definition) is 0. The summed E-state index contributed by atoms with van der Waals surface area (Å²) in [6, 6.07) is 16.3. The van der Waals surface area contributed by atoms with E-state index in [-0.39, 0.29) is 5.56 Å². The Morgan fingerprint density at radius 3 is 2.23 bits per heavy atom. The maximum atomic E-state index is 13.7. The zero-order valence-electron chi connectivity index (χ0n) is 20.7. The van der Waals surface area contributed by atoms with Crippen LogP contribution in [0, 0.1) is 0 Å². The highest BCUT2D eigenvalue weighted by atomic mass is 16.1. The Morgan fingerprint density at radius 2 is 1.49 bits per heavy atom. The second-order valence-corrected chi connectivity index (χ2v) is 9.35. The van der Waals surface area contributed by atoms with Crippen molar-refractivity contribution in [1.29, 1.82) is 0 Å². The van der Waals surface area contributed by atoms with Crippen molar-refractivity contribution >= 4 is 33.2 Å². The molecule has 0 aliphatic carbocycles. The van der Waals surface area contributed by atoms with Gasteiger partial charge in [-0.3, -0.25) is 13.9 Å². The van der Waals surface area contributed by atoms with Gasteiger partial charge in [0, 0.05) is 12.2 Å². The summed E-state index contributed by atoms with van der Waals surface area (Å²) in [6.45, 7) is 5.09. The average molecular weight is 468 g/mol. The molecular formula is C29H33N5O. The third kappa shape index (κ3) is 4.57. The minimum absolute atomic E-state index is 0.0432. The molecule has 5 aromatic rings. The van der Waals surface area contributed by atoms with Gasteiger partial charge in [0.05, 0.1) is 17.4 Å². The van der Waals surface area contributed by atoms with Crippen molar-refractivity contribution in [3.05, 3.63) is 70.8 Å². The smallest absolute Gasteiger partial charge is 0.265 e. The molecular weight excluding hydrogens is 434 g/mol. The Bertz CT molecular complexity index is 1510. The van der Waals surface area contributed by atoms with Crippen molar-refractivity contribution in [2.24, 2.45) is 0 Å². The second kappa shape index (κ2) is 10.4. The van der Waals surface area contributed by atoms with E-state index >= 15 is 0 Å². The molecule has 0 N–H and O–H groups in total. The molecule has 2 aromatic carbocycles. The first kappa shape index (κ1) is 23.2. The van der Waals surface area contributed by atoms with Crippen molar-refractivity contribution < 1.29 is 0 Å². The fraction of sp³-hybridized carbons (Fsp3) is 0.379. The van der Waals surface area contributed by atoms with Crippen LogP contribution in [-0.4, -0.2) is 24.1 Å². The summed E-state index contributed by atoms with van der Waals surface area (Å²) in [4.78, 5) is 28.3. The molecule has 0 atom stereocenters. The van der Waals surface area contributed by atoms with Crippen molar-refractivity contribution in [1.82, 2.24) is 24.1 Å². The summed E-state index contributed by atoms with van der Waals surface area (Å²) in [5.41, 5.74) is 5.70. The molecule has 0 radical (unpaired) electrons. The predicted octanol–water partition coefficient (Wildman–Crippen LogP) is 6.60. The fourth-order valence-corrected chi connectivity index (χ4v) is 4.75. The second-order valence-electron chi connectivity index (χ2n) is 9.35. The van der Waals surface area contributed by atoms with Crippen LogP contribution in [0.3, 0.4) is 0 Å². The molecule has 35 heavy (non-hydrogen) atoms. The topological polar surface area (TPSA) is 65.6 Å². The number of benzene rings is 2. The summed E-state index contributed by atoms with van der Waals surface area (Å²) in [7, 11) is 0. The van der Waals surface area contributed by atoms with Gasteiger partial charge in [0.1, 0.15) is 10.9 Å². The van der Waals surface area contributed by atoms with Gasteiger partial charge < -0.3 is 0 Å². The molecule has 6 nitrogen and oxygen atoms in total. The summed E-state index contributed by atoms with van der Waals surface area (Å²) in [6.07, 6.45) is 10.8. The molecule has 0 aliphatic rings. The van der Waals surface area contributed by atoms with Crippen LogP contribution < -0.4 is 5.56 Å². The monoisotopic (exact) mass is 467 g/mol. The highest BCUT2D eigenvalue weighted by Crippen LogP contribution is 2.28. The van der Waals surface area contributed by atoms with E-state index in [9.17, 15) is 4.79 Å². The lowest BCUT2D eigenvalue weighted by atomic mass is 10.1. The van der Waals surface area contributed by atoms with E-state index in [1.165, 1.54) is 37.7 Å². The largest absolute Gasteiger partial charge is 0.299 e. The Hall–Kier alpha value is -3.54. The number of para-hydroxylation sites is 2. The van der Waals surface area contributed by atoms with Gasteiger partial charge >= 0.3 is 0 Å². The summed E-state index contributed by atoms with van der Waals surface area (Å²) < 4.78 is 3.73. The van der Waals surface area contributed by atoms with Gasteiger partial charge in [0.25, 0.3) is 5.56 Å². The first-order valence-corrected chi connectivity index (χ1v) is 13.0. The quantitative estimate of drug-likeness (QED) is 0.217. The van der Waals surface area contributed by atoms with Crippen LogP contribution in [0.4, 0.5) is 0 Å². The van der Waals surface area contributed by atoms with Crippen LogP contribution in [0.25, 0.3) is 38.9 Å². The van der Waals surface area contributed by atoms with E-state index in [4.69, 9.17) is 15.0 Å². The van der Waals surface area contributed by atoms with Gasteiger partial charge in [-0.15, -0.1) is 0 Å². The lowest BCUT2D eigenvalue weighted by Crippen LogP contribution is -2.20. The highest BCUT2D eigenvalue weighted by Gasteiger charge is 2.20. The fourth-order valence-electron chi connectivity index (χ4n) is 4.75. The Kier molecular flexibility index (Phi) is 6.89. The summed E-state index contributed by atoms with van der Waals surface area (Å²) in [5, 5.41) is 0.546. The molecule has 0 unspecified atom stereocenters. The lowest BCUT2D eigenvalue weighted by molar-refractivity contribution is 0.556. The van der Waals surface area contributed by atoms with Crippen LogP contribution in [0.2, 0.25) is 0 Å². The molecule has 6 heteroatoms. The van der Waals surface area contributed by atoms with Crippen LogP contribution in [0.15, 0.2) is 59.7 Å². The standard InChI is InChI=1S/C29H33N5O/c1-3-5-7-8-11-19-33-20-30-27-25(29(33)35)26-28(32-24-14-10-9-13-23(24)31-26)34(27)22-17-15-21(16-18-22)12-6-4-2/h9-10,13-18,20H,3-8,11-12,19H2,1-2H3. The van der Waals surface area contributed by atoms with Crippen molar-refractivity contribution in [3.8, 4) is 5.69 Å². The molecule has 0 spiro atoms. The SMILES string of the molecule is CCCCCCCn1cnc2c(c1=O)c1nc3ccccc3nc1n2-c1ccc(CCCC)cc1. The van der Waals surface area contributed by atoms with Crippen LogP contribution in [0.1, 0.15) is 64.4 Å². The van der Waals surface area contributed by atoms with Gasteiger partial charge in [-0.05, 0) is 49.1 Å². The van der Waals surface area contributed by atoms with Gasteiger partial charge in [-0.25, -0.2) is 15.0 Å². The van der Waals surface area contributed by atoms with Crippen LogP contribution in [0.5, 0.6) is 0 Å². The van der Waals surface area contributed by atoms with E-state index in [1.54, 1.807) is 10.9 Å². The molecule has 0 saturated heterocycles. The van der Waals surface area contributed by atoms with Gasteiger partial charge in [-0.1, -0.05) is 70.2 Å². The van der Waals surface area contributed by atoms with Gasteiger partial charge in [0.2, 0.25) is 0 Å². The van der Waals surface area contributed by atoms with E-state index in [2.05, 4.69) is 38.1 Å².